The van der Waals surface area contributed by atoms with Crippen molar-refractivity contribution in [1.82, 2.24) is 19.9 Å². The zero-order valence-electron chi connectivity index (χ0n) is 17.7. The van der Waals surface area contributed by atoms with Gasteiger partial charge in [-0.1, -0.05) is 11.6 Å². The van der Waals surface area contributed by atoms with E-state index < -0.39 is 5.97 Å². The molecule has 0 saturated carbocycles. The number of benzene rings is 1. The van der Waals surface area contributed by atoms with Crippen molar-refractivity contribution in [2.45, 2.75) is 26.8 Å². The Morgan fingerprint density at radius 3 is 2.77 bits per heavy atom. The summed E-state index contributed by atoms with van der Waals surface area (Å²) in [7, 11) is 1.36. The zero-order valence-corrected chi connectivity index (χ0v) is 18.5. The van der Waals surface area contributed by atoms with Gasteiger partial charge in [0.2, 0.25) is 5.95 Å². The van der Waals surface area contributed by atoms with Crippen molar-refractivity contribution in [1.29, 1.82) is 0 Å². The molecule has 4 rings (SSSR count). The second-order valence-electron chi connectivity index (χ2n) is 7.35. The molecule has 162 valence electrons. The highest BCUT2D eigenvalue weighted by Crippen LogP contribution is 2.30. The lowest BCUT2D eigenvalue weighted by atomic mass is 10.0. The second kappa shape index (κ2) is 8.55. The van der Waals surface area contributed by atoms with E-state index in [2.05, 4.69) is 15.0 Å². The van der Waals surface area contributed by atoms with Crippen LogP contribution in [0.2, 0.25) is 5.02 Å². The van der Waals surface area contributed by atoms with Gasteiger partial charge in [-0.3, -0.25) is 4.79 Å². The number of methoxy groups -OCH3 is 1. The highest BCUT2D eigenvalue weighted by Gasteiger charge is 2.28. The van der Waals surface area contributed by atoms with Crippen molar-refractivity contribution in [3.8, 4) is 0 Å². The number of aromatic nitrogens is 3. The minimum atomic E-state index is -0.391. The largest absolute Gasteiger partial charge is 0.465 e. The number of anilines is 1. The number of ether oxygens (including phenoxy) is 1. The molecule has 1 aliphatic heterocycles. The predicted molar refractivity (Wildman–Crippen MR) is 119 cm³/mol. The Morgan fingerprint density at radius 2 is 2.06 bits per heavy atom. The Labute approximate surface area is 185 Å². The van der Waals surface area contributed by atoms with Gasteiger partial charge in [-0.15, -0.1) is 0 Å². The minimum Gasteiger partial charge on any atom is -0.465 e. The van der Waals surface area contributed by atoms with Gasteiger partial charge in [-0.2, -0.15) is 0 Å². The zero-order chi connectivity index (χ0) is 22.1. The molecule has 0 fully saturated rings. The average molecular weight is 442 g/mol. The third-order valence-electron chi connectivity index (χ3n) is 5.66. The molecule has 0 saturated heterocycles. The number of carbonyl (C=O) groups excluding carboxylic acids is 2. The Kier molecular flexibility index (Phi) is 5.82. The monoisotopic (exact) mass is 441 g/mol. The van der Waals surface area contributed by atoms with Gasteiger partial charge < -0.3 is 19.5 Å². The molecule has 0 unspecified atom stereocenters. The summed E-state index contributed by atoms with van der Waals surface area (Å²) in [4.78, 5) is 41.1. The number of carbonyl (C=O) groups is 2. The Morgan fingerprint density at radius 1 is 1.29 bits per heavy atom. The lowest BCUT2D eigenvalue weighted by molar-refractivity contribution is 0.0600. The maximum absolute atomic E-state index is 13.3. The normalized spacial score (nSPS) is 13.2. The molecule has 0 bridgehead atoms. The minimum absolute atomic E-state index is 0.206. The van der Waals surface area contributed by atoms with Crippen LogP contribution >= 0.6 is 11.6 Å². The molecular weight excluding hydrogens is 418 g/mol. The number of H-pyrrole nitrogens is 1. The third-order valence-corrected chi connectivity index (χ3v) is 5.94. The van der Waals surface area contributed by atoms with E-state index in [-0.39, 0.29) is 16.6 Å². The number of fused-ring (bicyclic) bond motifs is 3. The fraction of sp³-hybridized carbons (Fsp3) is 0.364. The lowest BCUT2D eigenvalue weighted by Crippen LogP contribution is -2.37. The van der Waals surface area contributed by atoms with Crippen LogP contribution in [-0.2, 0) is 17.7 Å². The summed E-state index contributed by atoms with van der Waals surface area (Å²) < 4.78 is 4.84. The molecule has 1 N–H and O–H groups in total. The van der Waals surface area contributed by atoms with Crippen LogP contribution in [0.5, 0.6) is 0 Å². The van der Waals surface area contributed by atoms with Crippen molar-refractivity contribution in [3.63, 3.8) is 0 Å². The van der Waals surface area contributed by atoms with Gasteiger partial charge >= 0.3 is 5.97 Å². The Balaban J connectivity index is 1.66. The molecule has 0 aliphatic carbocycles. The van der Waals surface area contributed by atoms with Crippen LogP contribution in [0.25, 0.3) is 10.9 Å². The first-order valence-electron chi connectivity index (χ1n) is 10.2. The maximum atomic E-state index is 13.3. The van der Waals surface area contributed by atoms with Crippen molar-refractivity contribution in [3.05, 3.63) is 51.9 Å². The van der Waals surface area contributed by atoms with Gasteiger partial charge in [-0.05, 0) is 32.0 Å². The van der Waals surface area contributed by atoms with Crippen LogP contribution in [0.1, 0.15) is 46.0 Å². The van der Waals surface area contributed by atoms with E-state index in [4.69, 9.17) is 16.3 Å². The number of rotatable bonds is 5. The Hall–Kier alpha value is -3.13. The summed E-state index contributed by atoms with van der Waals surface area (Å²) in [5.41, 5.74) is 3.67. The van der Waals surface area contributed by atoms with E-state index >= 15 is 0 Å². The number of amides is 1. The molecule has 1 aromatic carbocycles. The molecule has 3 aromatic rings. The van der Waals surface area contributed by atoms with Crippen LogP contribution in [0.3, 0.4) is 0 Å². The summed E-state index contributed by atoms with van der Waals surface area (Å²) in [5.74, 6) is -0.132. The van der Waals surface area contributed by atoms with Crippen molar-refractivity contribution in [2.75, 3.05) is 31.6 Å². The molecule has 1 amide bonds. The summed E-state index contributed by atoms with van der Waals surface area (Å²) in [6.45, 7) is 6.43. The van der Waals surface area contributed by atoms with E-state index in [1.807, 2.05) is 24.8 Å². The van der Waals surface area contributed by atoms with E-state index in [0.29, 0.717) is 31.0 Å². The first kappa shape index (κ1) is 21.1. The molecular formula is C22H24ClN5O3. The van der Waals surface area contributed by atoms with Crippen molar-refractivity contribution in [2.24, 2.45) is 0 Å². The van der Waals surface area contributed by atoms with Crippen LogP contribution < -0.4 is 4.90 Å². The van der Waals surface area contributed by atoms with Gasteiger partial charge in [0.05, 0.1) is 23.9 Å². The number of nitrogens with one attached hydrogen (secondary N) is 1. The second-order valence-corrected chi connectivity index (χ2v) is 7.76. The van der Waals surface area contributed by atoms with E-state index in [0.717, 1.165) is 35.2 Å². The van der Waals surface area contributed by atoms with Gasteiger partial charge in [0.25, 0.3) is 5.91 Å². The van der Waals surface area contributed by atoms with E-state index in [1.165, 1.54) is 13.3 Å². The smallest absolute Gasteiger partial charge is 0.337 e. The Bertz CT molecular complexity index is 1160. The first-order valence-corrected chi connectivity index (χ1v) is 10.6. The number of hydrogen-bond acceptors (Lipinski definition) is 6. The molecule has 0 atom stereocenters. The number of hydrogen-bond donors (Lipinski definition) is 1. The fourth-order valence-electron chi connectivity index (χ4n) is 3.95. The molecule has 0 radical (unpaired) electrons. The molecule has 9 heteroatoms. The van der Waals surface area contributed by atoms with Gasteiger partial charge in [0, 0.05) is 54.8 Å². The van der Waals surface area contributed by atoms with Gasteiger partial charge in [0.1, 0.15) is 0 Å². The van der Waals surface area contributed by atoms with E-state index in [9.17, 15) is 9.59 Å². The van der Waals surface area contributed by atoms with Crippen LogP contribution in [0, 0.1) is 0 Å². The number of nitrogens with zero attached hydrogens (tertiary/aromatic N) is 4. The van der Waals surface area contributed by atoms with Crippen LogP contribution in [0.4, 0.5) is 5.95 Å². The maximum Gasteiger partial charge on any atom is 0.337 e. The summed E-state index contributed by atoms with van der Waals surface area (Å²) in [6.07, 6.45) is 2.16. The molecule has 0 spiro atoms. The van der Waals surface area contributed by atoms with Crippen molar-refractivity contribution < 1.29 is 14.3 Å². The highest BCUT2D eigenvalue weighted by molar-refractivity contribution is 6.33. The molecule has 31 heavy (non-hydrogen) atoms. The van der Waals surface area contributed by atoms with E-state index in [1.54, 1.807) is 17.0 Å². The lowest BCUT2D eigenvalue weighted by Gasteiger charge is -2.27. The number of halogens is 1. The quantitative estimate of drug-likeness (QED) is 0.610. The highest BCUT2D eigenvalue weighted by atomic mass is 35.5. The summed E-state index contributed by atoms with van der Waals surface area (Å²) in [5, 5.41) is 1.15. The topological polar surface area (TPSA) is 91.4 Å². The standard InChI is InChI=1S/C22H24ClN5O3/c1-4-27(5-2)22-24-11-16(23)19(26-22)20(29)28-9-8-18-15(12-28)14-10-13(21(30)31-3)6-7-17(14)25-18/h6-7,10-11,25H,4-5,8-9,12H2,1-3H3. The van der Waals surface area contributed by atoms with Crippen molar-refractivity contribution >= 4 is 40.3 Å². The molecule has 2 aromatic heterocycles. The molecule has 3 heterocycles. The summed E-state index contributed by atoms with van der Waals surface area (Å²) >= 11 is 6.30. The van der Waals surface area contributed by atoms with Crippen LogP contribution in [0.15, 0.2) is 24.4 Å². The molecule has 8 nitrogen and oxygen atoms in total. The number of esters is 1. The first-order chi connectivity index (χ1) is 15.0. The van der Waals surface area contributed by atoms with Crippen LogP contribution in [-0.4, -0.2) is 58.5 Å². The average Bonchev–Trinajstić information content (AvgIpc) is 3.17. The van der Waals surface area contributed by atoms with Gasteiger partial charge in [-0.25, -0.2) is 14.8 Å². The SMILES string of the molecule is CCN(CC)c1ncc(Cl)c(C(=O)N2CCc3[nH]c4ccc(C(=O)OC)cc4c3C2)n1. The molecule has 1 aliphatic rings. The number of aromatic amines is 1. The summed E-state index contributed by atoms with van der Waals surface area (Å²) in [6, 6.07) is 5.40. The fourth-order valence-corrected chi connectivity index (χ4v) is 4.12. The third kappa shape index (κ3) is 3.83. The predicted octanol–water partition coefficient (Wildman–Crippen LogP) is 3.44. The van der Waals surface area contributed by atoms with Gasteiger partial charge in [0.15, 0.2) is 5.69 Å².